The number of nitrogens with zero attached hydrogens (tertiary/aromatic N) is 4. The third-order valence-corrected chi connectivity index (χ3v) is 8.53. The standard InChI is InChI=1S/C34H38N4O4.Ru/c1-7-21-17(3)25-13-26-19(5)23(9-11-33(39)40)31(37-26)16-32-24(10-12-34(41)42)20(6)28(38-32)15-30-22(8-2)18(4)27(36-30)14-29(21)35-25;/h13-16H,7-12H2,1-6H3,(H4,35,36,37,38,39,40,41,42);/q;+2/p-2. The van der Waals surface area contributed by atoms with Crippen molar-refractivity contribution >= 4 is 56.3 Å². The Labute approximate surface area is 264 Å². The second-order valence-corrected chi connectivity index (χ2v) is 11.0. The largest absolute Gasteiger partial charge is 2.00 e. The summed E-state index contributed by atoms with van der Waals surface area (Å²) < 4.78 is 0. The van der Waals surface area contributed by atoms with Gasteiger partial charge >= 0.3 is 31.4 Å². The van der Waals surface area contributed by atoms with E-state index < -0.39 is 11.9 Å². The predicted octanol–water partition coefficient (Wildman–Crippen LogP) is 6.90. The number of aliphatic carboxylic acids is 2. The van der Waals surface area contributed by atoms with Gasteiger partial charge in [0.05, 0.1) is 22.8 Å². The smallest absolute Gasteiger partial charge is 0.657 e. The molecule has 3 aromatic heterocycles. The second-order valence-electron chi connectivity index (χ2n) is 11.0. The summed E-state index contributed by atoms with van der Waals surface area (Å²) in [5, 5.41) is 18.9. The summed E-state index contributed by atoms with van der Waals surface area (Å²) in [4.78, 5) is 43.1. The molecule has 0 saturated carbocycles. The van der Waals surface area contributed by atoms with Gasteiger partial charge in [-0.1, -0.05) is 60.4 Å². The van der Waals surface area contributed by atoms with Crippen LogP contribution in [0.2, 0.25) is 0 Å². The molecule has 0 unspecified atom stereocenters. The predicted molar refractivity (Wildman–Crippen MR) is 166 cm³/mol. The number of aryl methyl sites for hydroxylation is 4. The van der Waals surface area contributed by atoms with Crippen molar-refractivity contribution in [2.45, 2.75) is 80.1 Å². The maximum atomic E-state index is 11.5. The number of allylic oxidation sites excluding steroid dienone is 4. The molecule has 0 spiro atoms. The fraction of sp³-hybridized carbons (Fsp3) is 0.353. The first-order valence-corrected chi connectivity index (χ1v) is 14.5. The van der Waals surface area contributed by atoms with Gasteiger partial charge in [-0.15, -0.1) is 22.1 Å². The minimum atomic E-state index is -0.878. The molecule has 43 heavy (non-hydrogen) atoms. The molecule has 9 heteroatoms. The van der Waals surface area contributed by atoms with Crippen molar-refractivity contribution < 1.29 is 39.3 Å². The number of rotatable bonds is 8. The molecule has 0 aromatic carbocycles. The summed E-state index contributed by atoms with van der Waals surface area (Å²) in [6.45, 7) is 12.3. The topological polar surface area (TPSA) is 129 Å². The molecule has 2 aliphatic heterocycles. The Kier molecular flexibility index (Phi) is 9.55. The molecule has 0 amide bonds. The molecular formula is C34H36N4O4Ru. The summed E-state index contributed by atoms with van der Waals surface area (Å²) in [6.07, 6.45) is 2.23. The SMILES string of the molecule is CCC1=C(C)c2cc3[n-]c(cc4nc(cc5[n-]c(cc1n2)c(C)c5CC)C(C)=C4CCC(=O)O)c(CCC(=O)O)c3C.[Ru+2]. The minimum Gasteiger partial charge on any atom is -0.657 e. The van der Waals surface area contributed by atoms with Gasteiger partial charge in [0.2, 0.25) is 0 Å². The molecule has 5 rings (SSSR count). The van der Waals surface area contributed by atoms with E-state index in [1.54, 1.807) is 0 Å². The van der Waals surface area contributed by atoms with Crippen molar-refractivity contribution in [1.29, 1.82) is 0 Å². The summed E-state index contributed by atoms with van der Waals surface area (Å²) in [5.41, 5.74) is 14.3. The Balaban J connectivity index is 0.00000423. The van der Waals surface area contributed by atoms with Crippen LogP contribution in [0.25, 0.3) is 44.4 Å². The van der Waals surface area contributed by atoms with E-state index in [0.29, 0.717) is 24.1 Å². The van der Waals surface area contributed by atoms with Crippen molar-refractivity contribution in [1.82, 2.24) is 19.9 Å². The van der Waals surface area contributed by atoms with Crippen molar-refractivity contribution in [3.8, 4) is 0 Å². The summed E-state index contributed by atoms with van der Waals surface area (Å²) >= 11 is 0. The van der Waals surface area contributed by atoms with E-state index in [1.807, 2.05) is 32.0 Å². The average Bonchev–Trinajstić information content (AvgIpc) is 3.59. The summed E-state index contributed by atoms with van der Waals surface area (Å²) in [6, 6.07) is 7.93. The van der Waals surface area contributed by atoms with Crippen molar-refractivity contribution in [2.24, 2.45) is 0 Å². The molecule has 3 aromatic rings. The maximum absolute atomic E-state index is 11.5. The number of fused-ring (bicyclic) bond motifs is 8. The Bertz CT molecular complexity index is 1860. The van der Waals surface area contributed by atoms with Crippen LogP contribution >= 0.6 is 0 Å². The molecule has 8 nitrogen and oxygen atoms in total. The molecule has 0 fully saturated rings. The first-order chi connectivity index (χ1) is 20.0. The van der Waals surface area contributed by atoms with Crippen LogP contribution < -0.4 is 9.97 Å². The van der Waals surface area contributed by atoms with Gasteiger partial charge in [0.15, 0.2) is 0 Å². The van der Waals surface area contributed by atoms with Gasteiger partial charge in [-0.3, -0.25) is 9.59 Å². The van der Waals surface area contributed by atoms with Crippen LogP contribution in [0.3, 0.4) is 0 Å². The van der Waals surface area contributed by atoms with E-state index >= 15 is 0 Å². The normalized spacial score (nSPS) is 13.0. The molecule has 0 saturated heterocycles. The Morgan fingerprint density at radius 1 is 0.628 bits per heavy atom. The van der Waals surface area contributed by atoms with Gasteiger partial charge in [-0.25, -0.2) is 9.97 Å². The van der Waals surface area contributed by atoms with Gasteiger partial charge in [0.25, 0.3) is 0 Å². The fourth-order valence-corrected chi connectivity index (χ4v) is 6.06. The zero-order valence-corrected chi connectivity index (χ0v) is 27.1. The van der Waals surface area contributed by atoms with Crippen LogP contribution in [-0.2, 0) is 41.9 Å². The van der Waals surface area contributed by atoms with Gasteiger partial charge in [-0.2, -0.15) is 0 Å². The van der Waals surface area contributed by atoms with Gasteiger partial charge in [-0.05, 0) is 75.7 Å². The molecule has 224 valence electrons. The van der Waals surface area contributed by atoms with E-state index in [-0.39, 0.29) is 32.3 Å². The number of carboxylic acid groups (broad SMARTS) is 2. The molecule has 0 aliphatic carbocycles. The minimum absolute atomic E-state index is 0. The molecule has 2 aliphatic rings. The number of aromatic nitrogens is 4. The Hall–Kier alpha value is -3.84. The zero-order valence-electron chi connectivity index (χ0n) is 25.4. The molecule has 5 heterocycles. The molecule has 0 radical (unpaired) electrons. The van der Waals surface area contributed by atoms with E-state index in [2.05, 4.69) is 33.8 Å². The van der Waals surface area contributed by atoms with Crippen molar-refractivity contribution in [2.75, 3.05) is 0 Å². The molecule has 0 atom stereocenters. The van der Waals surface area contributed by atoms with Crippen LogP contribution in [-0.4, -0.2) is 32.1 Å². The van der Waals surface area contributed by atoms with Crippen molar-refractivity contribution in [3.05, 3.63) is 69.3 Å². The van der Waals surface area contributed by atoms with Crippen LogP contribution in [0.5, 0.6) is 0 Å². The molecule has 8 bridgehead atoms. The maximum Gasteiger partial charge on any atom is 2.00 e. The van der Waals surface area contributed by atoms with E-state index in [9.17, 15) is 19.8 Å². The fourth-order valence-electron chi connectivity index (χ4n) is 6.06. The van der Waals surface area contributed by atoms with E-state index in [1.165, 1.54) is 5.57 Å². The van der Waals surface area contributed by atoms with Crippen molar-refractivity contribution in [3.63, 3.8) is 0 Å². The van der Waals surface area contributed by atoms with Gasteiger partial charge in [0, 0.05) is 12.8 Å². The van der Waals surface area contributed by atoms with Crippen LogP contribution in [0, 0.1) is 13.8 Å². The average molecular weight is 666 g/mol. The number of carbonyl (C=O) groups is 2. The number of hydrogen-bond acceptors (Lipinski definition) is 4. The Morgan fingerprint density at radius 3 is 1.63 bits per heavy atom. The number of hydrogen-bond donors (Lipinski definition) is 2. The van der Waals surface area contributed by atoms with Crippen LogP contribution in [0.4, 0.5) is 0 Å². The third kappa shape index (κ3) is 6.14. The zero-order chi connectivity index (χ0) is 30.3. The van der Waals surface area contributed by atoms with Gasteiger partial charge in [0.1, 0.15) is 0 Å². The van der Waals surface area contributed by atoms with Crippen LogP contribution in [0.15, 0.2) is 24.3 Å². The summed E-state index contributed by atoms with van der Waals surface area (Å²) in [7, 11) is 0. The van der Waals surface area contributed by atoms with Crippen LogP contribution in [0.1, 0.15) is 98.4 Å². The Morgan fingerprint density at radius 2 is 1.07 bits per heavy atom. The first kappa shape index (κ1) is 32.1. The number of carboxylic acids is 2. The molecule has 2 N–H and O–H groups in total. The van der Waals surface area contributed by atoms with Gasteiger partial charge < -0.3 is 20.2 Å². The first-order valence-electron chi connectivity index (χ1n) is 14.5. The van der Waals surface area contributed by atoms with E-state index in [0.717, 1.165) is 85.4 Å². The quantitative estimate of drug-likeness (QED) is 0.249. The third-order valence-electron chi connectivity index (χ3n) is 8.53. The second kappa shape index (κ2) is 12.8. The van der Waals surface area contributed by atoms with E-state index in [4.69, 9.17) is 19.9 Å². The monoisotopic (exact) mass is 666 g/mol. The summed E-state index contributed by atoms with van der Waals surface area (Å²) in [5.74, 6) is -1.76. The molecular weight excluding hydrogens is 629 g/mol.